The summed E-state index contributed by atoms with van der Waals surface area (Å²) in [7, 11) is -3.78. The number of fused-ring (bicyclic) bond motifs is 1. The highest BCUT2D eigenvalue weighted by Crippen LogP contribution is 2.29. The van der Waals surface area contributed by atoms with Gasteiger partial charge in [0, 0.05) is 17.5 Å². The summed E-state index contributed by atoms with van der Waals surface area (Å²) >= 11 is 0.874. The smallest absolute Gasteiger partial charge is 0.336 e. The average molecular weight is 325 g/mol. The van der Waals surface area contributed by atoms with Crippen molar-refractivity contribution in [2.75, 3.05) is 11.3 Å². The molecule has 0 radical (unpaired) electrons. The van der Waals surface area contributed by atoms with E-state index in [9.17, 15) is 13.2 Å². The lowest BCUT2D eigenvalue weighted by molar-refractivity contribution is 0.0697. The molecule has 1 aromatic heterocycles. The Bertz CT molecular complexity index is 810. The van der Waals surface area contributed by atoms with Crippen molar-refractivity contribution in [3.05, 3.63) is 40.8 Å². The third kappa shape index (κ3) is 2.72. The number of carboxylic acid groups (broad SMARTS) is 1. The monoisotopic (exact) mass is 325 g/mol. The molecular formula is C13H11NO5S2. The minimum atomic E-state index is -3.78. The van der Waals surface area contributed by atoms with Crippen LogP contribution in [0.1, 0.15) is 15.9 Å². The minimum absolute atomic E-state index is 0.0309. The second-order valence-electron chi connectivity index (χ2n) is 4.49. The molecule has 1 aromatic carbocycles. The predicted octanol–water partition coefficient (Wildman–Crippen LogP) is 2.18. The summed E-state index contributed by atoms with van der Waals surface area (Å²) in [6, 6.07) is 6.21. The van der Waals surface area contributed by atoms with E-state index in [1.54, 1.807) is 18.2 Å². The first-order valence-corrected chi connectivity index (χ1v) is 8.42. The Kier molecular flexibility index (Phi) is 3.34. The first kappa shape index (κ1) is 13.9. The molecule has 0 fully saturated rings. The number of hydrogen-bond donors (Lipinski definition) is 2. The van der Waals surface area contributed by atoms with E-state index in [4.69, 9.17) is 9.84 Å². The van der Waals surface area contributed by atoms with Gasteiger partial charge in [0.25, 0.3) is 10.0 Å². The lowest BCUT2D eigenvalue weighted by atomic mass is 10.1. The fraction of sp³-hybridized carbons (Fsp3) is 0.154. The van der Waals surface area contributed by atoms with Crippen LogP contribution in [0.25, 0.3) is 0 Å². The molecule has 3 rings (SSSR count). The molecule has 21 heavy (non-hydrogen) atoms. The molecule has 0 saturated heterocycles. The number of aromatic carboxylic acids is 1. The van der Waals surface area contributed by atoms with Crippen LogP contribution in [-0.4, -0.2) is 26.1 Å². The molecule has 0 bridgehead atoms. The van der Waals surface area contributed by atoms with E-state index in [1.807, 2.05) is 0 Å². The van der Waals surface area contributed by atoms with Gasteiger partial charge in [-0.2, -0.15) is 0 Å². The standard InChI is InChI=1S/C13H11NO5S2/c15-13(16)9-6-12(20-7-9)21(17,18)14-10-1-2-11-8(5-10)3-4-19-11/h1-2,5-7,14H,3-4H2,(H,15,16). The van der Waals surface area contributed by atoms with Crippen LogP contribution >= 0.6 is 11.3 Å². The van der Waals surface area contributed by atoms with Crippen LogP contribution in [0, 0.1) is 0 Å². The molecule has 0 unspecified atom stereocenters. The third-order valence-corrected chi connectivity index (χ3v) is 5.85. The van der Waals surface area contributed by atoms with Crippen molar-refractivity contribution in [3.63, 3.8) is 0 Å². The number of carbonyl (C=O) groups is 1. The molecule has 1 aliphatic heterocycles. The second-order valence-corrected chi connectivity index (χ2v) is 7.31. The lowest BCUT2D eigenvalue weighted by Crippen LogP contribution is -2.11. The van der Waals surface area contributed by atoms with E-state index >= 15 is 0 Å². The number of sulfonamides is 1. The predicted molar refractivity (Wildman–Crippen MR) is 77.7 cm³/mol. The Morgan fingerprint density at radius 2 is 2.14 bits per heavy atom. The number of hydrogen-bond acceptors (Lipinski definition) is 5. The van der Waals surface area contributed by atoms with Crippen molar-refractivity contribution in [1.29, 1.82) is 0 Å². The Balaban J connectivity index is 1.87. The molecule has 8 heteroatoms. The van der Waals surface area contributed by atoms with Crippen LogP contribution in [0.4, 0.5) is 5.69 Å². The highest BCUT2D eigenvalue weighted by molar-refractivity contribution is 7.94. The van der Waals surface area contributed by atoms with E-state index in [2.05, 4.69) is 4.72 Å². The van der Waals surface area contributed by atoms with Gasteiger partial charge in [-0.05, 0) is 29.8 Å². The Morgan fingerprint density at radius 1 is 1.33 bits per heavy atom. The molecule has 1 aliphatic rings. The maximum absolute atomic E-state index is 12.2. The normalized spacial score (nSPS) is 13.5. The van der Waals surface area contributed by atoms with E-state index in [0.717, 1.165) is 35.1 Å². The summed E-state index contributed by atoms with van der Waals surface area (Å²) in [5.74, 6) is -0.385. The summed E-state index contributed by atoms with van der Waals surface area (Å²) in [4.78, 5) is 10.8. The van der Waals surface area contributed by atoms with Crippen LogP contribution < -0.4 is 9.46 Å². The lowest BCUT2D eigenvalue weighted by Gasteiger charge is -2.07. The number of benzene rings is 1. The summed E-state index contributed by atoms with van der Waals surface area (Å²) in [6.07, 6.45) is 0.743. The van der Waals surface area contributed by atoms with E-state index in [1.165, 1.54) is 5.38 Å². The van der Waals surface area contributed by atoms with Crippen molar-refractivity contribution >= 4 is 33.0 Å². The first-order valence-electron chi connectivity index (χ1n) is 6.06. The third-order valence-electron chi connectivity index (χ3n) is 3.03. The number of rotatable bonds is 4. The van der Waals surface area contributed by atoms with Crippen LogP contribution in [0.5, 0.6) is 5.75 Å². The van der Waals surface area contributed by atoms with Crippen molar-refractivity contribution in [2.24, 2.45) is 0 Å². The molecule has 0 atom stereocenters. The second kappa shape index (κ2) is 5.05. The number of thiophene rings is 1. The summed E-state index contributed by atoms with van der Waals surface area (Å²) in [5, 5.41) is 10.1. The van der Waals surface area contributed by atoms with Crippen molar-refractivity contribution in [1.82, 2.24) is 0 Å². The number of carboxylic acids is 1. The summed E-state index contributed by atoms with van der Waals surface area (Å²) < 4.78 is 32.2. The number of nitrogens with one attached hydrogen (secondary N) is 1. The van der Waals surface area contributed by atoms with E-state index in [-0.39, 0.29) is 9.77 Å². The molecule has 2 heterocycles. The Morgan fingerprint density at radius 3 is 2.86 bits per heavy atom. The molecule has 110 valence electrons. The first-order chi connectivity index (χ1) is 9.95. The maximum atomic E-state index is 12.2. The van der Waals surface area contributed by atoms with Crippen LogP contribution in [0.2, 0.25) is 0 Å². The highest BCUT2D eigenvalue weighted by atomic mass is 32.2. The maximum Gasteiger partial charge on any atom is 0.336 e. The van der Waals surface area contributed by atoms with Gasteiger partial charge in [-0.25, -0.2) is 13.2 Å². The highest BCUT2D eigenvalue weighted by Gasteiger charge is 2.20. The molecule has 0 spiro atoms. The minimum Gasteiger partial charge on any atom is -0.493 e. The molecule has 0 aliphatic carbocycles. The zero-order valence-corrected chi connectivity index (χ0v) is 12.3. The van der Waals surface area contributed by atoms with Crippen LogP contribution in [0.3, 0.4) is 0 Å². The largest absolute Gasteiger partial charge is 0.493 e. The van der Waals surface area contributed by atoms with Gasteiger partial charge in [-0.15, -0.1) is 11.3 Å². The fourth-order valence-corrected chi connectivity index (χ4v) is 4.23. The summed E-state index contributed by atoms with van der Waals surface area (Å²) in [6.45, 7) is 0.596. The van der Waals surface area contributed by atoms with Gasteiger partial charge in [0.2, 0.25) is 0 Å². The fourth-order valence-electron chi connectivity index (χ4n) is 2.03. The topological polar surface area (TPSA) is 92.7 Å². The number of anilines is 1. The SMILES string of the molecule is O=C(O)c1csc(S(=O)(=O)Nc2ccc3c(c2)CCO3)c1. The van der Waals surface area contributed by atoms with Gasteiger partial charge in [0.05, 0.1) is 12.2 Å². The zero-order chi connectivity index (χ0) is 15.0. The molecule has 0 amide bonds. The Labute approximate surface area is 125 Å². The van der Waals surface area contributed by atoms with Gasteiger partial charge in [0.1, 0.15) is 9.96 Å². The van der Waals surface area contributed by atoms with E-state index in [0.29, 0.717) is 12.3 Å². The van der Waals surface area contributed by atoms with Crippen molar-refractivity contribution < 1.29 is 23.1 Å². The molecular weight excluding hydrogens is 314 g/mol. The van der Waals surface area contributed by atoms with Crippen LogP contribution in [0.15, 0.2) is 33.9 Å². The van der Waals surface area contributed by atoms with E-state index < -0.39 is 16.0 Å². The zero-order valence-electron chi connectivity index (χ0n) is 10.7. The van der Waals surface area contributed by atoms with Gasteiger partial charge in [-0.1, -0.05) is 0 Å². The quantitative estimate of drug-likeness (QED) is 0.899. The molecule has 2 aromatic rings. The summed E-state index contributed by atoms with van der Waals surface area (Å²) in [5.41, 5.74) is 1.35. The van der Waals surface area contributed by atoms with Crippen LogP contribution in [-0.2, 0) is 16.4 Å². The van der Waals surface area contributed by atoms with Gasteiger partial charge in [-0.3, -0.25) is 4.72 Å². The molecule has 6 nitrogen and oxygen atoms in total. The number of ether oxygens (including phenoxy) is 1. The average Bonchev–Trinajstić information content (AvgIpc) is 3.07. The van der Waals surface area contributed by atoms with Gasteiger partial charge >= 0.3 is 5.97 Å². The molecule has 2 N–H and O–H groups in total. The van der Waals surface area contributed by atoms with Crippen molar-refractivity contribution in [2.45, 2.75) is 10.6 Å². The Hall–Kier alpha value is -2.06. The van der Waals surface area contributed by atoms with Gasteiger partial charge < -0.3 is 9.84 Å². The molecule has 0 saturated carbocycles. The van der Waals surface area contributed by atoms with Gasteiger partial charge in [0.15, 0.2) is 0 Å². The van der Waals surface area contributed by atoms with Crippen molar-refractivity contribution in [3.8, 4) is 5.75 Å².